The van der Waals surface area contributed by atoms with Crippen molar-refractivity contribution in [1.82, 2.24) is 9.47 Å². The number of alkyl halides is 3. The summed E-state index contributed by atoms with van der Waals surface area (Å²) in [6.45, 7) is 5.22. The highest BCUT2D eigenvalue weighted by molar-refractivity contribution is 5.99. The highest BCUT2D eigenvalue weighted by atomic mass is 19.4. The van der Waals surface area contributed by atoms with Gasteiger partial charge in [-0.05, 0) is 67.4 Å². The summed E-state index contributed by atoms with van der Waals surface area (Å²) in [5.74, 6) is 1.13. The van der Waals surface area contributed by atoms with Crippen LogP contribution in [0.1, 0.15) is 25.0 Å². The van der Waals surface area contributed by atoms with Gasteiger partial charge in [0, 0.05) is 42.3 Å². The summed E-state index contributed by atoms with van der Waals surface area (Å²) < 4.78 is 51.9. The van der Waals surface area contributed by atoms with Crippen LogP contribution in [0, 0.1) is 0 Å². The van der Waals surface area contributed by atoms with Crippen LogP contribution in [-0.4, -0.2) is 35.8 Å². The molecule has 4 aromatic rings. The number of benzene rings is 3. The molecule has 0 N–H and O–H groups in total. The minimum atomic E-state index is -4.37. The average molecular weight is 497 g/mol. The Morgan fingerprint density at radius 1 is 0.917 bits per heavy atom. The third kappa shape index (κ3) is 5.17. The fraction of sp³-hybridized carbons (Fsp3) is 0.250. The second kappa shape index (κ2) is 10.4. The Kier molecular flexibility index (Phi) is 7.24. The van der Waals surface area contributed by atoms with Crippen molar-refractivity contribution in [2.75, 3.05) is 20.2 Å². The van der Waals surface area contributed by atoms with Gasteiger partial charge in [-0.25, -0.2) is 4.79 Å². The highest BCUT2D eigenvalue weighted by Gasteiger charge is 2.30. The fourth-order valence-electron chi connectivity index (χ4n) is 4.17. The van der Waals surface area contributed by atoms with E-state index in [1.165, 1.54) is 12.1 Å². The van der Waals surface area contributed by atoms with E-state index < -0.39 is 17.8 Å². The van der Waals surface area contributed by atoms with Crippen LogP contribution in [0.3, 0.4) is 0 Å². The van der Waals surface area contributed by atoms with Crippen LogP contribution in [0.5, 0.6) is 11.5 Å². The molecule has 0 aliphatic carbocycles. The number of carbonyl (C=O) groups is 1. The maximum atomic E-state index is 12.9. The largest absolute Gasteiger partial charge is 0.497 e. The Morgan fingerprint density at radius 2 is 1.58 bits per heavy atom. The first-order valence-corrected chi connectivity index (χ1v) is 11.6. The first kappa shape index (κ1) is 25.2. The monoisotopic (exact) mass is 496 g/mol. The highest BCUT2D eigenvalue weighted by Crippen LogP contribution is 2.39. The van der Waals surface area contributed by atoms with Gasteiger partial charge < -0.3 is 18.9 Å². The van der Waals surface area contributed by atoms with E-state index in [-0.39, 0.29) is 0 Å². The van der Waals surface area contributed by atoms with Crippen LogP contribution in [0.4, 0.5) is 18.0 Å². The van der Waals surface area contributed by atoms with E-state index in [1.54, 1.807) is 18.1 Å². The van der Waals surface area contributed by atoms with E-state index in [9.17, 15) is 18.0 Å². The minimum absolute atomic E-state index is 0.391. The third-order valence-corrected chi connectivity index (χ3v) is 6.15. The molecule has 3 aromatic carbocycles. The lowest BCUT2D eigenvalue weighted by Crippen LogP contribution is -2.33. The number of ether oxygens (including phenoxy) is 2. The minimum Gasteiger partial charge on any atom is -0.497 e. The second-order valence-electron chi connectivity index (χ2n) is 8.28. The zero-order valence-electron chi connectivity index (χ0n) is 20.3. The molecule has 0 fully saturated rings. The molecule has 0 atom stereocenters. The Balaban J connectivity index is 1.75. The molecule has 0 aliphatic rings. The lowest BCUT2D eigenvalue weighted by atomic mass is 10.0. The molecule has 1 amide bonds. The van der Waals surface area contributed by atoms with Crippen LogP contribution in [0.15, 0.2) is 72.9 Å². The van der Waals surface area contributed by atoms with Crippen LogP contribution < -0.4 is 9.47 Å². The lowest BCUT2D eigenvalue weighted by molar-refractivity contribution is -0.137. The maximum Gasteiger partial charge on any atom is 0.416 e. The molecule has 0 spiro atoms. The predicted molar refractivity (Wildman–Crippen MR) is 133 cm³/mol. The summed E-state index contributed by atoms with van der Waals surface area (Å²) in [5, 5.41) is 0.858. The van der Waals surface area contributed by atoms with Crippen LogP contribution in [0.2, 0.25) is 0 Å². The Morgan fingerprint density at radius 3 is 2.17 bits per heavy atom. The number of rotatable bonds is 7. The Labute approximate surface area is 207 Å². The standard InChI is InChI=1S/C28H27F3N2O3/c1-4-32(5-2)27(34)36-25-15-14-24-23(26(25)20-8-12-22(35-3)13-9-20)16-17-33(24)18-19-6-10-21(11-7-19)28(29,30)31/h6-17H,4-5,18H2,1-3H3. The fourth-order valence-corrected chi connectivity index (χ4v) is 4.17. The SMILES string of the molecule is CCN(CC)C(=O)Oc1ccc2c(ccn2Cc2ccc(C(F)(F)F)cc2)c1-c1ccc(OC)cc1. The van der Waals surface area contributed by atoms with E-state index >= 15 is 0 Å². The number of amides is 1. The maximum absolute atomic E-state index is 12.9. The molecule has 1 heterocycles. The summed E-state index contributed by atoms with van der Waals surface area (Å²) in [6, 6.07) is 18.2. The van der Waals surface area contributed by atoms with E-state index in [0.717, 1.165) is 39.7 Å². The first-order chi connectivity index (χ1) is 17.2. The number of fused-ring (bicyclic) bond motifs is 1. The van der Waals surface area contributed by atoms with Gasteiger partial charge in [0.25, 0.3) is 0 Å². The van der Waals surface area contributed by atoms with Gasteiger partial charge in [0.05, 0.1) is 12.7 Å². The molecule has 5 nitrogen and oxygen atoms in total. The molecular formula is C28H27F3N2O3. The number of nitrogens with zero attached hydrogens (tertiary/aromatic N) is 2. The van der Waals surface area contributed by atoms with Crippen molar-refractivity contribution in [2.45, 2.75) is 26.6 Å². The lowest BCUT2D eigenvalue weighted by Gasteiger charge is -2.20. The van der Waals surface area contributed by atoms with Crippen LogP contribution in [-0.2, 0) is 12.7 Å². The molecule has 188 valence electrons. The number of hydrogen-bond donors (Lipinski definition) is 0. The van der Waals surface area contributed by atoms with Gasteiger partial charge >= 0.3 is 12.3 Å². The van der Waals surface area contributed by atoms with E-state index in [1.807, 2.05) is 61.0 Å². The van der Waals surface area contributed by atoms with Gasteiger partial charge in [0.1, 0.15) is 11.5 Å². The molecule has 0 unspecified atom stereocenters. The Bertz CT molecular complexity index is 1340. The zero-order valence-corrected chi connectivity index (χ0v) is 20.3. The van der Waals surface area contributed by atoms with Gasteiger partial charge in [-0.15, -0.1) is 0 Å². The number of methoxy groups -OCH3 is 1. The van der Waals surface area contributed by atoms with Crippen molar-refractivity contribution in [2.24, 2.45) is 0 Å². The molecule has 0 bridgehead atoms. The predicted octanol–water partition coefficient (Wildman–Crippen LogP) is 7.22. The molecular weight excluding hydrogens is 469 g/mol. The van der Waals surface area contributed by atoms with E-state index in [2.05, 4.69) is 0 Å². The molecule has 0 saturated carbocycles. The summed E-state index contributed by atoms with van der Waals surface area (Å²) in [4.78, 5) is 14.3. The van der Waals surface area contributed by atoms with Crippen molar-refractivity contribution in [3.8, 4) is 22.6 Å². The molecule has 1 aromatic heterocycles. The molecule has 0 saturated heterocycles. The zero-order chi connectivity index (χ0) is 25.9. The van der Waals surface area contributed by atoms with Crippen molar-refractivity contribution < 1.29 is 27.4 Å². The second-order valence-corrected chi connectivity index (χ2v) is 8.28. The van der Waals surface area contributed by atoms with Crippen molar-refractivity contribution in [3.05, 3.63) is 84.1 Å². The van der Waals surface area contributed by atoms with Gasteiger partial charge in [-0.2, -0.15) is 13.2 Å². The molecule has 8 heteroatoms. The third-order valence-electron chi connectivity index (χ3n) is 6.15. The number of aromatic nitrogens is 1. The van der Waals surface area contributed by atoms with Crippen LogP contribution >= 0.6 is 0 Å². The van der Waals surface area contributed by atoms with Gasteiger partial charge in [0.2, 0.25) is 0 Å². The van der Waals surface area contributed by atoms with Gasteiger partial charge in [-0.3, -0.25) is 0 Å². The summed E-state index contributed by atoms with van der Waals surface area (Å²) in [6.07, 6.45) is -2.92. The Hall–Kier alpha value is -3.94. The first-order valence-electron chi connectivity index (χ1n) is 11.6. The van der Waals surface area contributed by atoms with E-state index in [0.29, 0.717) is 31.1 Å². The number of hydrogen-bond acceptors (Lipinski definition) is 3. The number of carbonyl (C=O) groups excluding carboxylic acids is 1. The summed E-state index contributed by atoms with van der Waals surface area (Å²) in [5.41, 5.74) is 2.52. The van der Waals surface area contributed by atoms with Crippen molar-refractivity contribution in [3.63, 3.8) is 0 Å². The van der Waals surface area contributed by atoms with Gasteiger partial charge in [0.15, 0.2) is 0 Å². The molecule has 36 heavy (non-hydrogen) atoms. The van der Waals surface area contributed by atoms with Gasteiger partial charge in [-0.1, -0.05) is 24.3 Å². The average Bonchev–Trinajstić information content (AvgIpc) is 3.27. The topological polar surface area (TPSA) is 43.7 Å². The van der Waals surface area contributed by atoms with E-state index in [4.69, 9.17) is 9.47 Å². The summed E-state index contributed by atoms with van der Waals surface area (Å²) >= 11 is 0. The quantitative estimate of drug-likeness (QED) is 0.271. The van der Waals surface area contributed by atoms with Crippen molar-refractivity contribution >= 4 is 17.0 Å². The smallest absolute Gasteiger partial charge is 0.416 e. The normalized spacial score (nSPS) is 11.5. The summed E-state index contributed by atoms with van der Waals surface area (Å²) in [7, 11) is 1.59. The number of halogens is 3. The molecule has 0 radical (unpaired) electrons. The molecule has 0 aliphatic heterocycles. The van der Waals surface area contributed by atoms with Crippen LogP contribution in [0.25, 0.3) is 22.0 Å². The molecule has 4 rings (SSSR count). The van der Waals surface area contributed by atoms with Crippen molar-refractivity contribution in [1.29, 1.82) is 0 Å².